The van der Waals surface area contributed by atoms with Crippen molar-refractivity contribution in [3.8, 4) is 11.5 Å². The van der Waals surface area contributed by atoms with Crippen LogP contribution in [-0.2, 0) is 13.0 Å². The van der Waals surface area contributed by atoms with Crippen LogP contribution in [0.5, 0.6) is 11.5 Å². The molecule has 8 heteroatoms. The molecule has 148 valence electrons. The lowest BCUT2D eigenvalue weighted by Crippen LogP contribution is -2.37. The summed E-state index contributed by atoms with van der Waals surface area (Å²) in [4.78, 5) is 8.62. The van der Waals surface area contributed by atoms with Crippen LogP contribution in [0.3, 0.4) is 0 Å². The smallest absolute Gasteiger partial charge is 0.226 e. The molecule has 0 spiro atoms. The second-order valence-electron chi connectivity index (χ2n) is 6.35. The molecule has 0 fully saturated rings. The lowest BCUT2D eigenvalue weighted by atomic mass is 10.2. The molecule has 0 atom stereocenters. The van der Waals surface area contributed by atoms with E-state index in [2.05, 4.69) is 25.8 Å². The Morgan fingerprint density at radius 2 is 1.96 bits per heavy atom. The predicted octanol–water partition coefficient (Wildman–Crippen LogP) is 2.51. The highest BCUT2D eigenvalue weighted by atomic mass is 16.5. The summed E-state index contributed by atoms with van der Waals surface area (Å²) in [6.45, 7) is 5.47. The van der Waals surface area contributed by atoms with Crippen molar-refractivity contribution in [1.29, 1.82) is 0 Å². The number of aliphatic imine (C=N–C) groups is 1. The Balaban J connectivity index is 1.75. The summed E-state index contributed by atoms with van der Waals surface area (Å²) >= 11 is 0. The first-order valence-electron chi connectivity index (χ1n) is 9.05. The van der Waals surface area contributed by atoms with Gasteiger partial charge in [-0.15, -0.1) is 0 Å². The van der Waals surface area contributed by atoms with Crippen LogP contribution < -0.4 is 20.1 Å². The van der Waals surface area contributed by atoms with Gasteiger partial charge in [0.25, 0.3) is 0 Å². The number of guanidine groups is 1. The van der Waals surface area contributed by atoms with E-state index in [0.29, 0.717) is 23.9 Å². The van der Waals surface area contributed by atoms with Gasteiger partial charge in [-0.05, 0) is 24.1 Å². The number of hydrogen-bond donors (Lipinski definition) is 2. The van der Waals surface area contributed by atoms with Crippen molar-refractivity contribution in [1.82, 2.24) is 20.8 Å². The quantitative estimate of drug-likeness (QED) is 0.395. The van der Waals surface area contributed by atoms with Crippen LogP contribution in [-0.4, -0.2) is 43.9 Å². The van der Waals surface area contributed by atoms with E-state index in [4.69, 9.17) is 14.0 Å². The summed E-state index contributed by atoms with van der Waals surface area (Å²) in [5.41, 5.74) is 1.07. The molecule has 2 N–H and O–H groups in total. The van der Waals surface area contributed by atoms with E-state index in [9.17, 15) is 0 Å². The van der Waals surface area contributed by atoms with Crippen molar-refractivity contribution in [3.63, 3.8) is 0 Å². The Labute approximate surface area is 160 Å². The van der Waals surface area contributed by atoms with Gasteiger partial charge in [-0.25, -0.2) is 0 Å². The highest BCUT2D eigenvalue weighted by molar-refractivity contribution is 5.79. The standard InChI is InChI=1S/C19H29N5O3/c1-13(2)18-23-17(27-24-18)7-6-10-21-19(20-3)22-12-14-8-9-15(25-4)16(11-14)26-5/h8-9,11,13H,6-7,10,12H2,1-5H3,(H2,20,21,22). The molecule has 1 aromatic heterocycles. The molecule has 0 amide bonds. The monoisotopic (exact) mass is 375 g/mol. The fourth-order valence-electron chi connectivity index (χ4n) is 2.45. The van der Waals surface area contributed by atoms with Gasteiger partial charge in [0, 0.05) is 32.5 Å². The first-order valence-corrected chi connectivity index (χ1v) is 9.05. The normalized spacial score (nSPS) is 11.6. The third-order valence-corrected chi connectivity index (χ3v) is 3.99. The third-order valence-electron chi connectivity index (χ3n) is 3.99. The summed E-state index contributed by atoms with van der Waals surface area (Å²) in [6, 6.07) is 5.83. The molecule has 0 aliphatic rings. The van der Waals surface area contributed by atoms with Crippen LogP contribution in [0.15, 0.2) is 27.7 Å². The molecular weight excluding hydrogens is 346 g/mol. The van der Waals surface area contributed by atoms with E-state index in [1.54, 1.807) is 21.3 Å². The average molecular weight is 375 g/mol. The van der Waals surface area contributed by atoms with E-state index in [-0.39, 0.29) is 5.92 Å². The van der Waals surface area contributed by atoms with Crippen LogP contribution in [0.1, 0.15) is 43.5 Å². The number of rotatable bonds is 9. The van der Waals surface area contributed by atoms with Gasteiger partial charge in [0.15, 0.2) is 23.3 Å². The maximum Gasteiger partial charge on any atom is 0.226 e. The summed E-state index contributed by atoms with van der Waals surface area (Å²) in [5, 5.41) is 10.5. The Hall–Kier alpha value is -2.77. The number of nitrogens with one attached hydrogen (secondary N) is 2. The van der Waals surface area contributed by atoms with Gasteiger partial charge in [0.1, 0.15) is 0 Å². The first-order chi connectivity index (χ1) is 13.1. The zero-order valence-electron chi connectivity index (χ0n) is 16.7. The minimum atomic E-state index is 0.278. The van der Waals surface area contributed by atoms with Gasteiger partial charge >= 0.3 is 0 Å². The van der Waals surface area contributed by atoms with Gasteiger partial charge in [-0.1, -0.05) is 25.1 Å². The Bertz CT molecular complexity index is 743. The highest BCUT2D eigenvalue weighted by Crippen LogP contribution is 2.27. The summed E-state index contributed by atoms with van der Waals surface area (Å²) in [6.07, 6.45) is 1.61. The van der Waals surface area contributed by atoms with Gasteiger partial charge in [0.2, 0.25) is 5.89 Å². The number of aromatic nitrogens is 2. The first kappa shape index (κ1) is 20.5. The van der Waals surface area contributed by atoms with Gasteiger partial charge in [-0.2, -0.15) is 4.98 Å². The number of hydrogen-bond acceptors (Lipinski definition) is 6. The minimum Gasteiger partial charge on any atom is -0.493 e. The zero-order valence-corrected chi connectivity index (χ0v) is 16.7. The van der Waals surface area contributed by atoms with Crippen molar-refractivity contribution in [2.45, 2.75) is 39.2 Å². The van der Waals surface area contributed by atoms with Crippen LogP contribution in [0.4, 0.5) is 0 Å². The van der Waals surface area contributed by atoms with E-state index < -0.39 is 0 Å². The van der Waals surface area contributed by atoms with Gasteiger partial charge in [0.05, 0.1) is 14.2 Å². The molecule has 0 aliphatic carbocycles. The average Bonchev–Trinajstić information content (AvgIpc) is 3.16. The maximum absolute atomic E-state index is 5.33. The number of benzene rings is 1. The highest BCUT2D eigenvalue weighted by Gasteiger charge is 2.09. The molecule has 0 aliphatic heterocycles. The molecule has 0 bridgehead atoms. The molecule has 1 heterocycles. The molecular formula is C19H29N5O3. The van der Waals surface area contributed by atoms with Gasteiger partial charge in [-0.3, -0.25) is 4.99 Å². The molecule has 8 nitrogen and oxygen atoms in total. The largest absolute Gasteiger partial charge is 0.493 e. The topological polar surface area (TPSA) is 93.8 Å². The molecule has 2 aromatic rings. The molecule has 2 rings (SSSR count). The van der Waals surface area contributed by atoms with Crippen molar-refractivity contribution in [2.24, 2.45) is 4.99 Å². The van der Waals surface area contributed by atoms with E-state index in [0.717, 1.165) is 36.7 Å². The van der Waals surface area contributed by atoms with Gasteiger partial charge < -0.3 is 24.6 Å². The van der Waals surface area contributed by atoms with Crippen molar-refractivity contribution in [2.75, 3.05) is 27.8 Å². The number of methoxy groups -OCH3 is 2. The molecule has 27 heavy (non-hydrogen) atoms. The Kier molecular flexibility index (Phi) is 7.91. The van der Waals surface area contributed by atoms with Crippen molar-refractivity contribution >= 4 is 5.96 Å². The SMILES string of the molecule is CN=C(NCCCc1nc(C(C)C)no1)NCc1ccc(OC)c(OC)c1. The van der Waals surface area contributed by atoms with Crippen LogP contribution in [0.2, 0.25) is 0 Å². The zero-order chi connectivity index (χ0) is 19.6. The lowest BCUT2D eigenvalue weighted by Gasteiger charge is -2.13. The van der Waals surface area contributed by atoms with Crippen LogP contribution in [0.25, 0.3) is 0 Å². The Morgan fingerprint density at radius 1 is 1.19 bits per heavy atom. The van der Waals surface area contributed by atoms with E-state index in [1.165, 1.54) is 0 Å². The molecule has 0 saturated carbocycles. The molecule has 0 radical (unpaired) electrons. The number of aryl methyl sites for hydroxylation is 1. The van der Waals surface area contributed by atoms with Crippen LogP contribution in [0, 0.1) is 0 Å². The third kappa shape index (κ3) is 6.16. The second-order valence-corrected chi connectivity index (χ2v) is 6.35. The lowest BCUT2D eigenvalue weighted by molar-refractivity contribution is 0.354. The maximum atomic E-state index is 5.33. The second kappa shape index (κ2) is 10.4. The van der Waals surface area contributed by atoms with E-state index in [1.807, 2.05) is 32.0 Å². The molecule has 0 unspecified atom stereocenters. The number of nitrogens with zero attached hydrogens (tertiary/aromatic N) is 3. The van der Waals surface area contributed by atoms with Crippen molar-refractivity contribution in [3.05, 3.63) is 35.5 Å². The summed E-state index contributed by atoms with van der Waals surface area (Å²) in [5.74, 6) is 3.86. The van der Waals surface area contributed by atoms with E-state index >= 15 is 0 Å². The fraction of sp³-hybridized carbons (Fsp3) is 0.526. The number of ether oxygens (including phenoxy) is 2. The summed E-state index contributed by atoms with van der Waals surface area (Å²) < 4.78 is 15.8. The minimum absolute atomic E-state index is 0.278. The Morgan fingerprint density at radius 3 is 2.59 bits per heavy atom. The molecule has 0 saturated heterocycles. The predicted molar refractivity (Wildman–Crippen MR) is 104 cm³/mol. The molecule has 1 aromatic carbocycles. The van der Waals surface area contributed by atoms with Crippen molar-refractivity contribution < 1.29 is 14.0 Å². The van der Waals surface area contributed by atoms with Crippen LogP contribution >= 0.6 is 0 Å². The fourth-order valence-corrected chi connectivity index (χ4v) is 2.45. The summed E-state index contributed by atoms with van der Waals surface area (Å²) in [7, 11) is 5.00.